The van der Waals surface area contributed by atoms with Crippen molar-refractivity contribution in [3.8, 4) is 0 Å². The van der Waals surface area contributed by atoms with E-state index in [-0.39, 0.29) is 46.0 Å². The monoisotopic (exact) mass is 530 g/mol. The van der Waals surface area contributed by atoms with Gasteiger partial charge >= 0.3 is 5.97 Å². The molecule has 0 radical (unpaired) electrons. The maximum absolute atomic E-state index is 13.5. The molecule has 6 aliphatic rings. The molecule has 0 bridgehead atoms. The fourth-order valence-corrected chi connectivity index (χ4v) is 9.86. The lowest BCUT2D eigenvalue weighted by Gasteiger charge is -2.59. The first-order chi connectivity index (χ1) is 17.7. The third-order valence-corrected chi connectivity index (χ3v) is 11.7. The molecule has 7 nitrogen and oxygen atoms in total. The van der Waals surface area contributed by atoms with Crippen LogP contribution in [-0.4, -0.2) is 52.6 Å². The minimum atomic E-state index is -0.610. The number of aliphatic hydroxyl groups excluding tert-OH is 1. The number of esters is 1. The second kappa shape index (κ2) is 9.15. The highest BCUT2D eigenvalue weighted by Gasteiger charge is 2.65. The van der Waals surface area contributed by atoms with Crippen LogP contribution in [0.15, 0.2) is 23.2 Å². The summed E-state index contributed by atoms with van der Waals surface area (Å²) in [5, 5.41) is 11.6. The Kier molecular flexibility index (Phi) is 6.30. The Bertz CT molecular complexity index is 1080. The van der Waals surface area contributed by atoms with E-state index in [1.54, 1.807) is 6.08 Å². The van der Waals surface area contributed by atoms with Crippen LogP contribution < -0.4 is 0 Å². The molecule has 37 heavy (non-hydrogen) atoms. The van der Waals surface area contributed by atoms with Crippen molar-refractivity contribution in [2.45, 2.75) is 89.8 Å². The van der Waals surface area contributed by atoms with Gasteiger partial charge < -0.3 is 19.3 Å². The Labute approximate surface area is 222 Å². The van der Waals surface area contributed by atoms with E-state index in [0.29, 0.717) is 49.1 Å². The zero-order valence-corrected chi connectivity index (χ0v) is 22.8. The van der Waals surface area contributed by atoms with Gasteiger partial charge in [0.15, 0.2) is 5.76 Å². The average Bonchev–Trinajstić information content (AvgIpc) is 3.55. The zero-order valence-electron chi connectivity index (χ0n) is 22.0. The fourth-order valence-electron chi connectivity index (χ4n) is 8.82. The molecule has 4 aliphatic carbocycles. The number of carbonyl (C=O) groups is 3. The third-order valence-electron chi connectivity index (χ3n) is 10.5. The van der Waals surface area contributed by atoms with Gasteiger partial charge in [-0.1, -0.05) is 19.4 Å². The molecule has 0 aromatic heterocycles. The van der Waals surface area contributed by atoms with Crippen molar-refractivity contribution in [1.82, 2.24) is 0 Å². The summed E-state index contributed by atoms with van der Waals surface area (Å²) < 4.78 is 17.4. The van der Waals surface area contributed by atoms with Gasteiger partial charge in [-0.2, -0.15) is 0 Å². The van der Waals surface area contributed by atoms with Gasteiger partial charge in [-0.05, 0) is 68.8 Å². The molecule has 202 valence electrons. The fraction of sp³-hybridized carbons (Fsp3) is 0.759. The molecule has 1 saturated heterocycles. The number of allylic oxidation sites excluding steroid dienone is 2. The lowest BCUT2D eigenvalue weighted by Crippen LogP contribution is -2.57. The van der Waals surface area contributed by atoms with E-state index in [1.807, 2.05) is 0 Å². The predicted molar refractivity (Wildman–Crippen MR) is 137 cm³/mol. The number of ether oxygens (including phenoxy) is 3. The van der Waals surface area contributed by atoms with Gasteiger partial charge in [0.05, 0.1) is 23.9 Å². The lowest BCUT2D eigenvalue weighted by atomic mass is 9.46. The number of aliphatic hydroxyl groups is 1. The van der Waals surface area contributed by atoms with Crippen molar-refractivity contribution >= 4 is 29.3 Å². The minimum absolute atomic E-state index is 0.0795. The Morgan fingerprint density at radius 3 is 2.70 bits per heavy atom. The number of thioether (sulfide) groups is 1. The molecule has 2 aliphatic heterocycles. The van der Waals surface area contributed by atoms with Gasteiger partial charge in [0.2, 0.25) is 17.8 Å². The molecule has 1 N–H and O–H groups in total. The number of cyclic esters (lactones) is 1. The molecule has 0 aromatic rings. The van der Waals surface area contributed by atoms with Gasteiger partial charge in [0.25, 0.3) is 0 Å². The number of Topliss-reactive ketones (excluding diaryl/α,β-unsaturated/α-hetero) is 1. The van der Waals surface area contributed by atoms with Gasteiger partial charge in [-0.15, -0.1) is 11.8 Å². The molecule has 8 heteroatoms. The van der Waals surface area contributed by atoms with Crippen molar-refractivity contribution < 1.29 is 33.7 Å². The van der Waals surface area contributed by atoms with Crippen molar-refractivity contribution in [1.29, 1.82) is 0 Å². The summed E-state index contributed by atoms with van der Waals surface area (Å²) >= 11 is 1.42. The first kappa shape index (κ1) is 25.5. The van der Waals surface area contributed by atoms with Crippen LogP contribution in [0.5, 0.6) is 0 Å². The molecule has 0 spiro atoms. The van der Waals surface area contributed by atoms with E-state index in [0.717, 1.165) is 37.7 Å². The zero-order chi connectivity index (χ0) is 26.1. The summed E-state index contributed by atoms with van der Waals surface area (Å²) in [6.45, 7) is 6.84. The van der Waals surface area contributed by atoms with Gasteiger partial charge in [-0.3, -0.25) is 14.4 Å². The molecular formula is C29H38O7S. The SMILES string of the molecule is CCCC1OC2=C(O1)[C@@]1(C)C(=CC2=O)CC[C@@H]2[C@@H]1[C@@H](O)C[C@]1(C)[C@H](C(=O)CSC3CCOC3=O)CC[C@@H]21. The number of carbonyl (C=O) groups excluding carboxylic acids is 3. The molecule has 6 rings (SSSR count). The number of hydrogen-bond acceptors (Lipinski definition) is 8. The molecule has 9 atom stereocenters. The van der Waals surface area contributed by atoms with E-state index in [1.165, 1.54) is 11.8 Å². The van der Waals surface area contributed by atoms with Crippen LogP contribution in [0.1, 0.15) is 72.1 Å². The normalized spacial score (nSPS) is 44.2. The third kappa shape index (κ3) is 3.75. The van der Waals surface area contributed by atoms with Crippen LogP contribution in [-0.2, 0) is 28.6 Å². The standard InChI is InChI=1S/C29H38O7S/c1-4-5-23-35-25-19(30)12-15-6-7-16-17-8-9-18(21(32)14-37-22-10-11-34-27(22)33)28(17,2)13-20(31)24(16)29(15,3)26(25)36-23/h12,16-18,20,22-24,31H,4-11,13-14H2,1-3H3/t16-,17-,18-,20-,22?,23?,24+,28-,29-/m0/s1. The van der Waals surface area contributed by atoms with Gasteiger partial charge in [0, 0.05) is 24.7 Å². The van der Waals surface area contributed by atoms with Gasteiger partial charge in [0.1, 0.15) is 11.0 Å². The number of hydrogen-bond donors (Lipinski definition) is 1. The van der Waals surface area contributed by atoms with E-state index in [9.17, 15) is 19.5 Å². The molecular weight excluding hydrogens is 492 g/mol. The van der Waals surface area contributed by atoms with E-state index in [2.05, 4.69) is 20.8 Å². The number of fused-ring (bicyclic) bond motifs is 6. The predicted octanol–water partition coefficient (Wildman–Crippen LogP) is 4.33. The summed E-state index contributed by atoms with van der Waals surface area (Å²) in [6.07, 6.45) is 7.00. The molecule has 4 fully saturated rings. The Morgan fingerprint density at radius 2 is 1.97 bits per heavy atom. The number of ketones is 2. The number of rotatable bonds is 6. The molecule has 2 heterocycles. The second-order valence-electron chi connectivity index (χ2n) is 12.3. The maximum Gasteiger partial charge on any atom is 0.319 e. The van der Waals surface area contributed by atoms with Crippen LogP contribution in [0.3, 0.4) is 0 Å². The highest BCUT2D eigenvalue weighted by Crippen LogP contribution is 2.68. The minimum Gasteiger partial charge on any atom is -0.465 e. The Hall–Kier alpha value is -1.80. The highest BCUT2D eigenvalue weighted by atomic mass is 32.2. The summed E-state index contributed by atoms with van der Waals surface area (Å²) in [4.78, 5) is 38.3. The Morgan fingerprint density at radius 1 is 1.16 bits per heavy atom. The Balaban J connectivity index is 1.25. The first-order valence-electron chi connectivity index (χ1n) is 14.0. The highest BCUT2D eigenvalue weighted by molar-refractivity contribution is 8.01. The van der Waals surface area contributed by atoms with E-state index < -0.39 is 17.8 Å². The summed E-state index contributed by atoms with van der Waals surface area (Å²) in [6, 6.07) is 0. The van der Waals surface area contributed by atoms with Gasteiger partial charge in [-0.25, -0.2) is 0 Å². The average molecular weight is 531 g/mol. The van der Waals surface area contributed by atoms with Crippen LogP contribution in [0.4, 0.5) is 0 Å². The molecule has 0 aromatic carbocycles. The van der Waals surface area contributed by atoms with Crippen molar-refractivity contribution in [3.05, 3.63) is 23.2 Å². The maximum atomic E-state index is 13.5. The van der Waals surface area contributed by atoms with Crippen molar-refractivity contribution in [2.75, 3.05) is 12.4 Å². The quantitative estimate of drug-likeness (QED) is 0.507. The van der Waals surface area contributed by atoms with Crippen molar-refractivity contribution in [3.63, 3.8) is 0 Å². The molecule has 2 unspecified atom stereocenters. The van der Waals surface area contributed by atoms with Crippen LogP contribution >= 0.6 is 11.8 Å². The van der Waals surface area contributed by atoms with Crippen LogP contribution in [0.2, 0.25) is 0 Å². The molecule has 0 amide bonds. The smallest absolute Gasteiger partial charge is 0.319 e. The topological polar surface area (TPSA) is 99.1 Å². The summed E-state index contributed by atoms with van der Waals surface area (Å²) in [5.41, 5.74) is 0.202. The lowest BCUT2D eigenvalue weighted by molar-refractivity contribution is -0.143. The van der Waals surface area contributed by atoms with E-state index in [4.69, 9.17) is 14.2 Å². The van der Waals surface area contributed by atoms with Crippen LogP contribution in [0.25, 0.3) is 0 Å². The first-order valence-corrected chi connectivity index (χ1v) is 15.1. The summed E-state index contributed by atoms with van der Waals surface area (Å²) in [5.74, 6) is 1.52. The second-order valence-corrected chi connectivity index (χ2v) is 13.5. The summed E-state index contributed by atoms with van der Waals surface area (Å²) in [7, 11) is 0. The van der Waals surface area contributed by atoms with Crippen LogP contribution in [0, 0.1) is 34.5 Å². The van der Waals surface area contributed by atoms with E-state index >= 15 is 0 Å². The largest absolute Gasteiger partial charge is 0.465 e. The molecule has 3 saturated carbocycles. The van der Waals surface area contributed by atoms with Crippen molar-refractivity contribution in [2.24, 2.45) is 34.5 Å².